The molecule has 0 radical (unpaired) electrons. The van der Waals surface area contributed by atoms with Crippen molar-refractivity contribution < 1.29 is 23.4 Å². The first kappa shape index (κ1) is 19.2. The molecule has 1 saturated heterocycles. The number of rotatable bonds is 5. The second-order valence-electron chi connectivity index (χ2n) is 6.60. The monoisotopic (exact) mass is 373 g/mol. The average Bonchev–Trinajstić information content (AvgIpc) is 2.73. The van der Waals surface area contributed by atoms with Crippen LogP contribution in [0.1, 0.15) is 18.4 Å². The molecule has 0 atom stereocenters. The number of ether oxygens (including phenoxy) is 3. The van der Waals surface area contributed by atoms with Gasteiger partial charge in [0.25, 0.3) is 0 Å². The molecule has 1 amide bonds. The molecule has 27 heavy (non-hydrogen) atoms. The van der Waals surface area contributed by atoms with Crippen molar-refractivity contribution in [3.63, 3.8) is 0 Å². The average molecular weight is 373 g/mol. The molecule has 144 valence electrons. The Morgan fingerprint density at radius 3 is 2.26 bits per heavy atom. The van der Waals surface area contributed by atoms with Crippen molar-refractivity contribution in [3.8, 4) is 11.5 Å². The summed E-state index contributed by atoms with van der Waals surface area (Å²) in [6.07, 6.45) is 1.10. The highest BCUT2D eigenvalue weighted by molar-refractivity contribution is 6.01. The van der Waals surface area contributed by atoms with E-state index < -0.39 is 5.41 Å². The van der Waals surface area contributed by atoms with E-state index in [9.17, 15) is 9.18 Å². The van der Waals surface area contributed by atoms with Crippen LogP contribution in [0.2, 0.25) is 0 Å². The molecule has 2 aromatic carbocycles. The van der Waals surface area contributed by atoms with Gasteiger partial charge in [-0.1, -0.05) is 12.1 Å². The molecule has 2 aromatic rings. The highest BCUT2D eigenvalue weighted by atomic mass is 19.1. The Balaban J connectivity index is 1.98. The van der Waals surface area contributed by atoms with E-state index in [1.807, 2.05) is 6.07 Å². The zero-order chi connectivity index (χ0) is 19.4. The van der Waals surface area contributed by atoms with Crippen LogP contribution >= 0.6 is 0 Å². The number of nitrogens with zero attached hydrogens (tertiary/aromatic N) is 1. The molecule has 0 bridgehead atoms. The normalized spacial score (nSPS) is 15.9. The minimum atomic E-state index is -0.742. The van der Waals surface area contributed by atoms with Crippen LogP contribution in [0.15, 0.2) is 42.5 Å². The number of methoxy groups -OCH3 is 2. The number of hydrogen-bond acceptors (Lipinski definition) is 4. The Bertz CT molecular complexity index is 800. The maximum absolute atomic E-state index is 13.6. The summed E-state index contributed by atoms with van der Waals surface area (Å²) in [4.78, 5) is 15.2. The van der Waals surface area contributed by atoms with Crippen LogP contribution in [0.25, 0.3) is 0 Å². The number of carbonyl (C=O) groups is 1. The van der Waals surface area contributed by atoms with Gasteiger partial charge in [-0.25, -0.2) is 4.39 Å². The van der Waals surface area contributed by atoms with E-state index >= 15 is 0 Å². The van der Waals surface area contributed by atoms with Crippen molar-refractivity contribution >= 4 is 11.6 Å². The minimum Gasteiger partial charge on any atom is -0.493 e. The van der Waals surface area contributed by atoms with Crippen LogP contribution in [0.4, 0.5) is 10.1 Å². The third kappa shape index (κ3) is 3.62. The highest BCUT2D eigenvalue weighted by Crippen LogP contribution is 2.39. The van der Waals surface area contributed by atoms with Crippen LogP contribution in [-0.2, 0) is 14.9 Å². The van der Waals surface area contributed by atoms with Crippen molar-refractivity contribution in [2.45, 2.75) is 18.3 Å². The van der Waals surface area contributed by atoms with Gasteiger partial charge in [-0.05, 0) is 42.7 Å². The lowest BCUT2D eigenvalue weighted by Crippen LogP contribution is -2.48. The molecule has 1 aliphatic rings. The van der Waals surface area contributed by atoms with Crippen molar-refractivity contribution in [2.24, 2.45) is 0 Å². The molecule has 0 spiro atoms. The van der Waals surface area contributed by atoms with Crippen LogP contribution in [0, 0.1) is 5.82 Å². The van der Waals surface area contributed by atoms with Gasteiger partial charge in [-0.3, -0.25) is 4.79 Å². The molecule has 6 heteroatoms. The minimum absolute atomic E-state index is 0.0513. The Kier molecular flexibility index (Phi) is 5.65. The number of amides is 1. The topological polar surface area (TPSA) is 48.0 Å². The Hall–Kier alpha value is -2.60. The first-order valence-electron chi connectivity index (χ1n) is 8.86. The molecule has 3 rings (SSSR count). The molecular weight excluding hydrogens is 349 g/mol. The lowest BCUT2D eigenvalue weighted by molar-refractivity contribution is -0.127. The summed E-state index contributed by atoms with van der Waals surface area (Å²) in [5.74, 6) is 0.783. The fraction of sp³-hybridized carbons (Fsp3) is 0.381. The van der Waals surface area contributed by atoms with E-state index in [1.165, 1.54) is 12.1 Å². The van der Waals surface area contributed by atoms with E-state index in [0.29, 0.717) is 43.2 Å². The van der Waals surface area contributed by atoms with Crippen LogP contribution in [0.5, 0.6) is 11.5 Å². The predicted molar refractivity (Wildman–Crippen MR) is 101 cm³/mol. The third-order valence-corrected chi connectivity index (χ3v) is 5.21. The first-order chi connectivity index (χ1) is 13.0. The van der Waals surface area contributed by atoms with Crippen LogP contribution < -0.4 is 14.4 Å². The molecule has 0 saturated carbocycles. The van der Waals surface area contributed by atoms with E-state index in [-0.39, 0.29) is 11.7 Å². The molecule has 1 heterocycles. The molecule has 1 aliphatic heterocycles. The van der Waals surface area contributed by atoms with Gasteiger partial charge in [-0.2, -0.15) is 0 Å². The predicted octanol–water partition coefficient (Wildman–Crippen LogP) is 3.55. The zero-order valence-electron chi connectivity index (χ0n) is 15.8. The molecule has 0 aliphatic carbocycles. The van der Waals surface area contributed by atoms with Gasteiger partial charge < -0.3 is 19.1 Å². The Morgan fingerprint density at radius 2 is 1.67 bits per heavy atom. The second-order valence-corrected chi connectivity index (χ2v) is 6.60. The van der Waals surface area contributed by atoms with Gasteiger partial charge in [0.15, 0.2) is 11.5 Å². The quantitative estimate of drug-likeness (QED) is 0.804. The van der Waals surface area contributed by atoms with E-state index in [2.05, 4.69) is 0 Å². The summed E-state index contributed by atoms with van der Waals surface area (Å²) in [5, 5.41) is 0. The maximum Gasteiger partial charge on any atom is 0.237 e. The number of anilines is 1. The van der Waals surface area contributed by atoms with Crippen molar-refractivity contribution in [3.05, 3.63) is 53.8 Å². The lowest BCUT2D eigenvalue weighted by atomic mass is 9.73. The molecule has 0 N–H and O–H groups in total. The number of hydrogen-bond donors (Lipinski definition) is 0. The van der Waals surface area contributed by atoms with E-state index in [1.54, 1.807) is 50.4 Å². The van der Waals surface area contributed by atoms with Crippen LogP contribution in [-0.4, -0.2) is 40.4 Å². The van der Waals surface area contributed by atoms with E-state index in [4.69, 9.17) is 14.2 Å². The number of halogens is 1. The van der Waals surface area contributed by atoms with Crippen molar-refractivity contribution in [2.75, 3.05) is 39.4 Å². The van der Waals surface area contributed by atoms with Gasteiger partial charge in [-0.15, -0.1) is 0 Å². The summed E-state index contributed by atoms with van der Waals surface area (Å²) >= 11 is 0. The number of likely N-dealkylation sites (N-methyl/N-ethyl adjacent to an activating group) is 1. The highest BCUT2D eigenvalue weighted by Gasteiger charge is 2.43. The smallest absolute Gasteiger partial charge is 0.237 e. The third-order valence-electron chi connectivity index (χ3n) is 5.21. The van der Waals surface area contributed by atoms with Crippen LogP contribution in [0.3, 0.4) is 0 Å². The summed E-state index contributed by atoms with van der Waals surface area (Å²) in [5.41, 5.74) is 0.767. The summed E-state index contributed by atoms with van der Waals surface area (Å²) < 4.78 is 29.5. The second kappa shape index (κ2) is 7.96. The molecular formula is C21H24FNO4. The maximum atomic E-state index is 13.6. The van der Waals surface area contributed by atoms with Gasteiger partial charge in [0.1, 0.15) is 5.82 Å². The number of benzene rings is 2. The molecule has 0 aromatic heterocycles. The SMILES string of the molecule is COc1ccc(N(C)C(=O)C2(c3ccc(F)cc3)CCOCC2)cc1OC. The van der Waals surface area contributed by atoms with Gasteiger partial charge >= 0.3 is 0 Å². The van der Waals surface area contributed by atoms with Gasteiger partial charge in [0.2, 0.25) is 5.91 Å². The van der Waals surface area contributed by atoms with Crippen molar-refractivity contribution in [1.82, 2.24) is 0 Å². The summed E-state index contributed by atoms with van der Waals surface area (Å²) in [7, 11) is 4.87. The van der Waals surface area contributed by atoms with E-state index in [0.717, 1.165) is 5.56 Å². The molecule has 0 unspecified atom stereocenters. The van der Waals surface area contributed by atoms with Gasteiger partial charge in [0.05, 0.1) is 19.6 Å². The Labute approximate surface area is 158 Å². The van der Waals surface area contributed by atoms with Crippen molar-refractivity contribution in [1.29, 1.82) is 0 Å². The Morgan fingerprint density at radius 1 is 1.04 bits per heavy atom. The fourth-order valence-corrected chi connectivity index (χ4v) is 3.59. The standard InChI is InChI=1S/C21H24FNO4/c1-23(17-8-9-18(25-2)19(14-17)26-3)20(24)21(10-12-27-13-11-21)15-4-6-16(22)7-5-15/h4-9,14H,10-13H2,1-3H3. The molecule has 1 fully saturated rings. The first-order valence-corrected chi connectivity index (χ1v) is 8.86. The largest absolute Gasteiger partial charge is 0.493 e. The van der Waals surface area contributed by atoms with Gasteiger partial charge in [0, 0.05) is 32.0 Å². The number of carbonyl (C=O) groups excluding carboxylic acids is 1. The lowest BCUT2D eigenvalue weighted by Gasteiger charge is -2.39. The summed E-state index contributed by atoms with van der Waals surface area (Å²) in [6, 6.07) is 11.5. The molecule has 5 nitrogen and oxygen atoms in total. The zero-order valence-corrected chi connectivity index (χ0v) is 15.8. The summed E-state index contributed by atoms with van der Waals surface area (Å²) in [6.45, 7) is 0.978. The fourth-order valence-electron chi connectivity index (χ4n) is 3.59.